The van der Waals surface area contributed by atoms with Crippen molar-refractivity contribution in [2.45, 2.75) is 71.9 Å². The number of unbranched alkanes of at least 4 members (excludes halogenated alkanes) is 2. The van der Waals surface area contributed by atoms with Crippen LogP contribution < -0.4 is 10.9 Å². The van der Waals surface area contributed by atoms with Gasteiger partial charge in [-0.05, 0) is 50.3 Å². The van der Waals surface area contributed by atoms with E-state index in [1.54, 1.807) is 0 Å². The van der Waals surface area contributed by atoms with Gasteiger partial charge in [-0.2, -0.15) is 0 Å². The predicted octanol–water partition coefficient (Wildman–Crippen LogP) is 3.03. The molecule has 0 fully saturated rings. The van der Waals surface area contributed by atoms with Crippen molar-refractivity contribution in [3.8, 4) is 0 Å². The fraction of sp³-hybridized carbons (Fsp3) is 0.706. The second kappa shape index (κ2) is 7.63. The minimum absolute atomic E-state index is 0.239. The Morgan fingerprint density at radius 1 is 1.20 bits per heavy atom. The number of hydrogen-bond donors (Lipinski definition) is 1. The molecule has 0 aliphatic heterocycles. The molecule has 1 aromatic heterocycles. The van der Waals surface area contributed by atoms with Crippen LogP contribution in [0.15, 0.2) is 10.9 Å². The maximum atomic E-state index is 12.7. The molecule has 0 atom stereocenters. The summed E-state index contributed by atoms with van der Waals surface area (Å²) in [4.78, 5) is 12.7. The molecule has 112 valence electrons. The first-order chi connectivity index (χ1) is 9.77. The van der Waals surface area contributed by atoms with Crippen LogP contribution in [-0.4, -0.2) is 11.1 Å². The highest BCUT2D eigenvalue weighted by Gasteiger charge is 2.17. The quantitative estimate of drug-likeness (QED) is 0.777. The number of aryl methyl sites for hydroxylation is 1. The molecule has 0 saturated carbocycles. The average Bonchev–Trinajstić information content (AvgIpc) is 2.48. The Hall–Kier alpha value is -1.09. The lowest BCUT2D eigenvalue weighted by atomic mass is 9.94. The minimum atomic E-state index is 0.239. The van der Waals surface area contributed by atoms with Gasteiger partial charge in [-0.3, -0.25) is 4.79 Å². The van der Waals surface area contributed by atoms with E-state index in [1.165, 1.54) is 36.9 Å². The predicted molar refractivity (Wildman–Crippen MR) is 84.2 cm³/mol. The van der Waals surface area contributed by atoms with Crippen molar-refractivity contribution in [2.75, 3.05) is 6.54 Å². The first-order valence-electron chi connectivity index (χ1n) is 8.23. The van der Waals surface area contributed by atoms with E-state index in [0.29, 0.717) is 6.54 Å². The molecule has 1 N–H and O–H groups in total. The summed E-state index contributed by atoms with van der Waals surface area (Å²) in [6, 6.07) is 2.16. The van der Waals surface area contributed by atoms with Crippen molar-refractivity contribution < 1.29 is 0 Å². The topological polar surface area (TPSA) is 34.0 Å². The van der Waals surface area contributed by atoms with Crippen LogP contribution in [-0.2, 0) is 25.9 Å². The van der Waals surface area contributed by atoms with Crippen LogP contribution in [0.1, 0.15) is 62.8 Å². The largest absolute Gasteiger partial charge is 0.313 e. The Morgan fingerprint density at radius 3 is 2.75 bits per heavy atom. The molecule has 0 saturated heterocycles. The van der Waals surface area contributed by atoms with Crippen molar-refractivity contribution in [1.29, 1.82) is 0 Å². The molecule has 1 aliphatic carbocycles. The molecule has 0 aromatic carbocycles. The first-order valence-corrected chi connectivity index (χ1v) is 8.23. The summed E-state index contributed by atoms with van der Waals surface area (Å²) in [5.41, 5.74) is 3.92. The van der Waals surface area contributed by atoms with Gasteiger partial charge in [0.15, 0.2) is 0 Å². The molecule has 0 unspecified atom stereocenters. The second-order valence-electron chi connectivity index (χ2n) is 5.79. The molecule has 0 bridgehead atoms. The Labute approximate surface area is 122 Å². The third kappa shape index (κ3) is 3.51. The van der Waals surface area contributed by atoms with Gasteiger partial charge in [0.05, 0.1) is 0 Å². The van der Waals surface area contributed by atoms with Crippen molar-refractivity contribution in [3.05, 3.63) is 33.2 Å². The maximum Gasteiger partial charge on any atom is 0.255 e. The number of aromatic nitrogens is 1. The molecule has 3 heteroatoms. The summed E-state index contributed by atoms with van der Waals surface area (Å²) in [6.07, 6.45) is 8.24. The Morgan fingerprint density at radius 2 is 2.00 bits per heavy atom. The molecule has 0 amide bonds. The molecular weight excluding hydrogens is 248 g/mol. The Kier molecular flexibility index (Phi) is 5.84. The van der Waals surface area contributed by atoms with Crippen molar-refractivity contribution >= 4 is 0 Å². The van der Waals surface area contributed by atoms with E-state index in [0.717, 1.165) is 37.9 Å². The van der Waals surface area contributed by atoms with Crippen molar-refractivity contribution in [2.24, 2.45) is 0 Å². The standard InChI is InChI=1S/C17H28N2O/c1-3-5-8-11-19-16-10-7-6-9-14(16)12-15(17(19)20)13-18-4-2/h12,18H,3-11,13H2,1-2H3. The molecule has 1 aliphatic rings. The third-order valence-corrected chi connectivity index (χ3v) is 4.23. The Bertz CT molecular complexity index is 490. The van der Waals surface area contributed by atoms with Crippen LogP contribution in [0.25, 0.3) is 0 Å². The van der Waals surface area contributed by atoms with Gasteiger partial charge in [-0.15, -0.1) is 0 Å². The molecule has 1 heterocycles. The monoisotopic (exact) mass is 276 g/mol. The second-order valence-corrected chi connectivity index (χ2v) is 5.79. The zero-order valence-corrected chi connectivity index (χ0v) is 13.0. The van der Waals surface area contributed by atoms with E-state index in [-0.39, 0.29) is 5.56 Å². The lowest BCUT2D eigenvalue weighted by Gasteiger charge is -2.22. The van der Waals surface area contributed by atoms with Gasteiger partial charge in [0.2, 0.25) is 0 Å². The average molecular weight is 276 g/mol. The van der Waals surface area contributed by atoms with Crippen LogP contribution in [0.4, 0.5) is 0 Å². The fourth-order valence-electron chi connectivity index (χ4n) is 3.09. The number of hydrogen-bond acceptors (Lipinski definition) is 2. The van der Waals surface area contributed by atoms with Gasteiger partial charge in [0.1, 0.15) is 0 Å². The van der Waals surface area contributed by atoms with Gasteiger partial charge in [-0.1, -0.05) is 26.7 Å². The maximum absolute atomic E-state index is 12.7. The van der Waals surface area contributed by atoms with Crippen LogP contribution in [0.5, 0.6) is 0 Å². The minimum Gasteiger partial charge on any atom is -0.313 e. The van der Waals surface area contributed by atoms with Crippen LogP contribution in [0.3, 0.4) is 0 Å². The molecule has 3 nitrogen and oxygen atoms in total. The van der Waals surface area contributed by atoms with Gasteiger partial charge in [-0.25, -0.2) is 0 Å². The number of nitrogens with one attached hydrogen (secondary N) is 1. The summed E-state index contributed by atoms with van der Waals surface area (Å²) < 4.78 is 2.08. The summed E-state index contributed by atoms with van der Waals surface area (Å²) in [7, 11) is 0. The third-order valence-electron chi connectivity index (χ3n) is 4.23. The number of nitrogens with zero attached hydrogens (tertiary/aromatic N) is 1. The molecule has 2 rings (SSSR count). The van der Waals surface area contributed by atoms with Crippen LogP contribution >= 0.6 is 0 Å². The van der Waals surface area contributed by atoms with E-state index in [9.17, 15) is 4.79 Å². The van der Waals surface area contributed by atoms with E-state index in [4.69, 9.17) is 0 Å². The number of pyridine rings is 1. The zero-order chi connectivity index (χ0) is 14.4. The van der Waals surface area contributed by atoms with E-state index in [2.05, 4.69) is 29.8 Å². The van der Waals surface area contributed by atoms with Gasteiger partial charge in [0.25, 0.3) is 5.56 Å². The summed E-state index contributed by atoms with van der Waals surface area (Å²) in [6.45, 7) is 6.80. The highest BCUT2D eigenvalue weighted by Crippen LogP contribution is 2.21. The first kappa shape index (κ1) is 15.3. The fourth-order valence-corrected chi connectivity index (χ4v) is 3.09. The van der Waals surface area contributed by atoms with Gasteiger partial charge >= 0.3 is 0 Å². The lowest BCUT2D eigenvalue weighted by Crippen LogP contribution is -2.31. The van der Waals surface area contributed by atoms with Gasteiger partial charge in [0, 0.05) is 24.3 Å². The normalized spacial score (nSPS) is 14.3. The SMILES string of the molecule is CCCCCn1c2c(cc(CNCC)c1=O)CCCC2. The van der Waals surface area contributed by atoms with Crippen molar-refractivity contribution in [3.63, 3.8) is 0 Å². The van der Waals surface area contributed by atoms with E-state index in [1.807, 2.05) is 0 Å². The molecule has 0 radical (unpaired) electrons. The molecule has 1 aromatic rings. The van der Waals surface area contributed by atoms with Crippen molar-refractivity contribution in [1.82, 2.24) is 9.88 Å². The van der Waals surface area contributed by atoms with Crippen LogP contribution in [0, 0.1) is 0 Å². The zero-order valence-electron chi connectivity index (χ0n) is 13.0. The van der Waals surface area contributed by atoms with Gasteiger partial charge < -0.3 is 9.88 Å². The number of rotatable bonds is 7. The highest BCUT2D eigenvalue weighted by atomic mass is 16.1. The Balaban J connectivity index is 2.31. The van der Waals surface area contributed by atoms with Crippen LogP contribution in [0.2, 0.25) is 0 Å². The smallest absolute Gasteiger partial charge is 0.255 e. The van der Waals surface area contributed by atoms with E-state index < -0.39 is 0 Å². The summed E-state index contributed by atoms with van der Waals surface area (Å²) in [5, 5.41) is 3.29. The summed E-state index contributed by atoms with van der Waals surface area (Å²) in [5.74, 6) is 0. The highest BCUT2D eigenvalue weighted by molar-refractivity contribution is 5.29. The lowest BCUT2D eigenvalue weighted by molar-refractivity contribution is 0.530. The molecule has 20 heavy (non-hydrogen) atoms. The molecular formula is C17H28N2O. The summed E-state index contributed by atoms with van der Waals surface area (Å²) >= 11 is 0. The number of fused-ring (bicyclic) bond motifs is 1. The van der Waals surface area contributed by atoms with E-state index >= 15 is 0 Å². The molecule has 0 spiro atoms.